The van der Waals surface area contributed by atoms with Crippen LogP contribution in [0.3, 0.4) is 0 Å². The van der Waals surface area contributed by atoms with Gasteiger partial charge in [0.25, 0.3) is 10.0 Å². The second-order valence-corrected chi connectivity index (χ2v) is 8.85. The third-order valence-electron chi connectivity index (χ3n) is 4.69. The van der Waals surface area contributed by atoms with Crippen LogP contribution in [0.25, 0.3) is 16.9 Å². The Labute approximate surface area is 184 Å². The number of carbonyl (C=O) groups is 1. The number of rotatable bonds is 6. The molecule has 4 rings (SSSR count). The number of anilines is 2. The van der Waals surface area contributed by atoms with Crippen molar-refractivity contribution in [3.63, 3.8) is 0 Å². The lowest BCUT2D eigenvalue weighted by Gasteiger charge is -2.18. The highest BCUT2D eigenvalue weighted by atomic mass is 32.2. The number of hydrogen-bond donors (Lipinski definition) is 1. The lowest BCUT2D eigenvalue weighted by molar-refractivity contribution is -0.114. The van der Waals surface area contributed by atoms with Gasteiger partial charge in [0.1, 0.15) is 11.4 Å². The van der Waals surface area contributed by atoms with Crippen molar-refractivity contribution in [3.8, 4) is 17.0 Å². The molecule has 0 unspecified atom stereocenters. The number of imidazole rings is 1. The van der Waals surface area contributed by atoms with E-state index in [4.69, 9.17) is 4.74 Å². The Kier molecular flexibility index (Phi) is 5.49. The largest absolute Gasteiger partial charge is 0.497 e. The summed E-state index contributed by atoms with van der Waals surface area (Å²) in [5.41, 5.74) is 1.90. The van der Waals surface area contributed by atoms with Crippen LogP contribution in [0.1, 0.15) is 6.92 Å². The molecule has 4 aromatic rings. The second-order valence-electron chi connectivity index (χ2n) is 6.88. The van der Waals surface area contributed by atoms with E-state index in [9.17, 15) is 13.2 Å². The molecule has 0 radical (unpaired) electrons. The number of fused-ring (bicyclic) bond motifs is 1. The molecule has 164 valence electrons. The first-order chi connectivity index (χ1) is 15.3. The Balaban J connectivity index is 1.66. The molecule has 10 nitrogen and oxygen atoms in total. The lowest BCUT2D eigenvalue weighted by atomic mass is 10.2. The number of carbonyl (C=O) groups excluding carboxylic acids is 1. The standard InChI is InChI=1S/C21H20N6O4S/c1-14(28)23-19-13-27-12-15(4-9-20(27)25-19)18-10-11-22-21(24-18)26(2)32(29,30)17-7-5-16(31-3)6-8-17/h4-13H,1-3H3,(H,23,28). The summed E-state index contributed by atoms with van der Waals surface area (Å²) in [6.45, 7) is 1.41. The molecule has 1 N–H and O–H groups in total. The highest BCUT2D eigenvalue weighted by molar-refractivity contribution is 7.92. The maximum absolute atomic E-state index is 13.0. The Morgan fingerprint density at radius 3 is 2.50 bits per heavy atom. The van der Waals surface area contributed by atoms with Crippen LogP contribution in [0, 0.1) is 0 Å². The van der Waals surface area contributed by atoms with E-state index in [1.54, 1.807) is 41.1 Å². The minimum absolute atomic E-state index is 0.0305. The average molecular weight is 452 g/mol. The van der Waals surface area contributed by atoms with Gasteiger partial charge < -0.3 is 14.5 Å². The number of pyridine rings is 1. The van der Waals surface area contributed by atoms with Gasteiger partial charge in [-0.15, -0.1) is 0 Å². The molecule has 0 aliphatic rings. The highest BCUT2D eigenvalue weighted by Gasteiger charge is 2.23. The molecule has 1 amide bonds. The zero-order chi connectivity index (χ0) is 22.9. The summed E-state index contributed by atoms with van der Waals surface area (Å²) in [6, 6.07) is 11.4. The first-order valence-electron chi connectivity index (χ1n) is 9.50. The van der Waals surface area contributed by atoms with Crippen molar-refractivity contribution in [2.24, 2.45) is 0 Å². The Hall–Kier alpha value is -3.99. The van der Waals surface area contributed by atoms with E-state index in [-0.39, 0.29) is 16.8 Å². The van der Waals surface area contributed by atoms with E-state index < -0.39 is 10.0 Å². The van der Waals surface area contributed by atoms with Gasteiger partial charge in [0.2, 0.25) is 11.9 Å². The molecule has 0 saturated carbocycles. The molecule has 0 aliphatic carbocycles. The maximum Gasteiger partial charge on any atom is 0.266 e. The maximum atomic E-state index is 13.0. The Morgan fingerprint density at radius 2 is 1.81 bits per heavy atom. The van der Waals surface area contributed by atoms with Crippen LogP contribution in [0.5, 0.6) is 5.75 Å². The number of hydrogen-bond acceptors (Lipinski definition) is 7. The molecule has 0 aliphatic heterocycles. The number of amides is 1. The van der Waals surface area contributed by atoms with E-state index in [1.807, 2.05) is 6.07 Å². The molecule has 0 fully saturated rings. The molecular formula is C21H20N6O4S. The van der Waals surface area contributed by atoms with Gasteiger partial charge in [-0.05, 0) is 42.5 Å². The van der Waals surface area contributed by atoms with Gasteiger partial charge in [-0.25, -0.2) is 27.7 Å². The molecule has 32 heavy (non-hydrogen) atoms. The zero-order valence-corrected chi connectivity index (χ0v) is 18.4. The van der Waals surface area contributed by atoms with Gasteiger partial charge in [0.05, 0.1) is 23.9 Å². The summed E-state index contributed by atoms with van der Waals surface area (Å²) in [5.74, 6) is 0.808. The quantitative estimate of drug-likeness (QED) is 0.478. The minimum atomic E-state index is -3.86. The molecule has 0 saturated heterocycles. The fourth-order valence-electron chi connectivity index (χ4n) is 3.06. The van der Waals surface area contributed by atoms with Gasteiger partial charge in [-0.3, -0.25) is 4.79 Å². The summed E-state index contributed by atoms with van der Waals surface area (Å²) in [7, 11) is -0.951. The normalized spacial score (nSPS) is 11.3. The van der Waals surface area contributed by atoms with E-state index in [2.05, 4.69) is 20.3 Å². The number of nitrogens with zero attached hydrogens (tertiary/aromatic N) is 5. The SMILES string of the molecule is COc1ccc(S(=O)(=O)N(C)c2nccc(-c3ccc4nc(NC(C)=O)cn4c3)n2)cc1. The monoisotopic (exact) mass is 452 g/mol. The Bertz CT molecular complexity index is 1400. The molecule has 3 aromatic heterocycles. The number of ether oxygens (including phenoxy) is 1. The number of aromatic nitrogens is 4. The van der Waals surface area contributed by atoms with Gasteiger partial charge in [0, 0.05) is 31.9 Å². The Morgan fingerprint density at radius 1 is 1.06 bits per heavy atom. The number of benzene rings is 1. The minimum Gasteiger partial charge on any atom is -0.497 e. The molecular weight excluding hydrogens is 432 g/mol. The fourth-order valence-corrected chi connectivity index (χ4v) is 4.16. The second kappa shape index (κ2) is 8.27. The van der Waals surface area contributed by atoms with Crippen LogP contribution in [0.2, 0.25) is 0 Å². The number of methoxy groups -OCH3 is 1. The van der Waals surface area contributed by atoms with E-state index >= 15 is 0 Å². The molecule has 11 heteroatoms. The van der Waals surface area contributed by atoms with Crippen molar-refractivity contribution in [1.82, 2.24) is 19.4 Å². The van der Waals surface area contributed by atoms with E-state index in [0.29, 0.717) is 22.9 Å². The van der Waals surface area contributed by atoms with Crippen LogP contribution in [0.4, 0.5) is 11.8 Å². The third-order valence-corrected chi connectivity index (χ3v) is 6.45. The molecule has 0 spiro atoms. The van der Waals surface area contributed by atoms with Gasteiger partial charge in [-0.2, -0.15) is 0 Å². The molecule has 0 atom stereocenters. The van der Waals surface area contributed by atoms with Crippen molar-refractivity contribution in [1.29, 1.82) is 0 Å². The summed E-state index contributed by atoms with van der Waals surface area (Å²) < 4.78 is 33.9. The predicted molar refractivity (Wildman–Crippen MR) is 119 cm³/mol. The van der Waals surface area contributed by atoms with Gasteiger partial charge in [0.15, 0.2) is 5.82 Å². The molecule has 3 heterocycles. The van der Waals surface area contributed by atoms with Crippen LogP contribution < -0.4 is 14.4 Å². The van der Waals surface area contributed by atoms with Crippen LogP contribution in [-0.2, 0) is 14.8 Å². The zero-order valence-electron chi connectivity index (χ0n) is 17.6. The van der Waals surface area contributed by atoms with E-state index in [0.717, 1.165) is 9.87 Å². The lowest BCUT2D eigenvalue weighted by Crippen LogP contribution is -2.28. The van der Waals surface area contributed by atoms with Crippen LogP contribution >= 0.6 is 0 Å². The smallest absolute Gasteiger partial charge is 0.266 e. The summed E-state index contributed by atoms with van der Waals surface area (Å²) in [4.78, 5) is 24.2. The topological polar surface area (TPSA) is 119 Å². The van der Waals surface area contributed by atoms with Crippen molar-refractivity contribution in [2.45, 2.75) is 11.8 Å². The van der Waals surface area contributed by atoms with E-state index in [1.165, 1.54) is 39.4 Å². The first kappa shape index (κ1) is 21.2. The molecule has 0 bridgehead atoms. The summed E-state index contributed by atoms with van der Waals surface area (Å²) in [6.07, 6.45) is 4.97. The number of sulfonamides is 1. The van der Waals surface area contributed by atoms with Gasteiger partial charge >= 0.3 is 0 Å². The molecule has 1 aromatic carbocycles. The third kappa shape index (κ3) is 4.10. The van der Waals surface area contributed by atoms with Crippen LogP contribution in [0.15, 0.2) is 66.0 Å². The highest BCUT2D eigenvalue weighted by Crippen LogP contribution is 2.24. The summed E-state index contributed by atoms with van der Waals surface area (Å²) >= 11 is 0. The average Bonchev–Trinajstić information content (AvgIpc) is 3.19. The van der Waals surface area contributed by atoms with Crippen molar-refractivity contribution in [2.75, 3.05) is 23.8 Å². The number of nitrogens with one attached hydrogen (secondary N) is 1. The first-order valence-corrected chi connectivity index (χ1v) is 10.9. The fraction of sp³-hybridized carbons (Fsp3) is 0.143. The predicted octanol–water partition coefficient (Wildman–Crippen LogP) is 2.58. The van der Waals surface area contributed by atoms with Crippen molar-refractivity contribution < 1.29 is 17.9 Å². The van der Waals surface area contributed by atoms with Crippen LogP contribution in [-0.4, -0.2) is 47.8 Å². The van der Waals surface area contributed by atoms with Gasteiger partial charge in [-0.1, -0.05) is 0 Å². The summed E-state index contributed by atoms with van der Waals surface area (Å²) in [5, 5.41) is 2.64. The van der Waals surface area contributed by atoms with Crippen molar-refractivity contribution >= 4 is 33.3 Å². The van der Waals surface area contributed by atoms with Crippen molar-refractivity contribution in [3.05, 3.63) is 61.1 Å².